The maximum atomic E-state index is 12.2. The molecule has 0 aliphatic heterocycles. The monoisotopic (exact) mass is 525 g/mol. The zero-order valence-electron chi connectivity index (χ0n) is 18.2. The van der Waals surface area contributed by atoms with Crippen LogP contribution in [0.3, 0.4) is 0 Å². The summed E-state index contributed by atoms with van der Waals surface area (Å²) in [6.07, 6.45) is 2.72. The summed E-state index contributed by atoms with van der Waals surface area (Å²) in [6.45, 7) is 3.21. The van der Waals surface area contributed by atoms with E-state index >= 15 is 0 Å². The van der Waals surface area contributed by atoms with E-state index in [1.54, 1.807) is 0 Å². The van der Waals surface area contributed by atoms with Crippen molar-refractivity contribution in [2.75, 3.05) is 18.4 Å². The van der Waals surface area contributed by atoms with E-state index < -0.39 is 0 Å². The lowest BCUT2D eigenvalue weighted by Gasteiger charge is -2.15. The predicted molar refractivity (Wildman–Crippen MR) is 138 cm³/mol. The van der Waals surface area contributed by atoms with Crippen LogP contribution in [0.4, 0.5) is 10.6 Å². The lowest BCUT2D eigenvalue weighted by molar-refractivity contribution is 0.238. The Balaban J connectivity index is 1.35. The SMILES string of the molecule is C[C@@H](NC(=O)NCCCNc1cc(-c2ccccc2Cl)nc2c(Br)ccn12)c1ccccc1. The first-order chi connectivity index (χ1) is 16.0. The number of amides is 2. The van der Waals surface area contributed by atoms with E-state index in [2.05, 4.69) is 31.9 Å². The molecule has 0 radical (unpaired) electrons. The smallest absolute Gasteiger partial charge is 0.315 e. The van der Waals surface area contributed by atoms with Crippen LogP contribution in [0.15, 0.2) is 77.4 Å². The van der Waals surface area contributed by atoms with E-state index in [4.69, 9.17) is 16.6 Å². The fourth-order valence-electron chi connectivity index (χ4n) is 3.57. The average molecular weight is 527 g/mol. The van der Waals surface area contributed by atoms with Crippen LogP contribution in [0.25, 0.3) is 16.9 Å². The number of aromatic nitrogens is 2. The van der Waals surface area contributed by atoms with Gasteiger partial charge in [0.05, 0.1) is 16.2 Å². The molecule has 2 aromatic heterocycles. The maximum absolute atomic E-state index is 12.2. The zero-order valence-corrected chi connectivity index (χ0v) is 20.5. The highest BCUT2D eigenvalue weighted by atomic mass is 79.9. The van der Waals surface area contributed by atoms with E-state index in [1.165, 1.54) is 0 Å². The third kappa shape index (κ3) is 5.67. The fourth-order valence-corrected chi connectivity index (χ4v) is 4.20. The molecule has 2 amide bonds. The average Bonchev–Trinajstić information content (AvgIpc) is 3.20. The largest absolute Gasteiger partial charge is 0.371 e. The quantitative estimate of drug-likeness (QED) is 0.237. The summed E-state index contributed by atoms with van der Waals surface area (Å²) in [5.74, 6) is 0.905. The van der Waals surface area contributed by atoms with Gasteiger partial charge in [-0.2, -0.15) is 0 Å². The first kappa shape index (κ1) is 23.1. The highest BCUT2D eigenvalue weighted by molar-refractivity contribution is 9.10. The Labute approximate surface area is 206 Å². The van der Waals surface area contributed by atoms with Crippen molar-refractivity contribution in [1.82, 2.24) is 20.0 Å². The van der Waals surface area contributed by atoms with Gasteiger partial charge in [-0.1, -0.05) is 60.1 Å². The van der Waals surface area contributed by atoms with Gasteiger partial charge in [0.25, 0.3) is 0 Å². The fraction of sp³-hybridized carbons (Fsp3) is 0.200. The van der Waals surface area contributed by atoms with Crippen LogP contribution in [-0.2, 0) is 0 Å². The van der Waals surface area contributed by atoms with Crippen LogP contribution in [0.5, 0.6) is 0 Å². The number of hydrogen-bond acceptors (Lipinski definition) is 3. The van der Waals surface area contributed by atoms with Gasteiger partial charge in [0.2, 0.25) is 0 Å². The molecular formula is C25H25BrClN5O. The lowest BCUT2D eigenvalue weighted by Crippen LogP contribution is -2.37. The van der Waals surface area contributed by atoms with Crippen molar-refractivity contribution in [3.05, 3.63) is 88.0 Å². The summed E-state index contributed by atoms with van der Waals surface area (Å²) in [6, 6.07) is 21.3. The number of rotatable bonds is 8. The standard InChI is InChI=1S/C25H25BrClN5O/c1-17(18-8-3-2-4-9-18)30-25(33)29-14-7-13-28-23-16-22(19-10-5-6-11-21(19)27)31-24-20(26)12-15-32(23)24/h2-6,8-12,15-17,28H,7,13-14H2,1H3,(H2,29,30,33)/t17-/m1/s1. The van der Waals surface area contributed by atoms with Crippen molar-refractivity contribution < 1.29 is 4.79 Å². The Hall–Kier alpha value is -3.03. The van der Waals surface area contributed by atoms with Crippen molar-refractivity contribution in [3.8, 4) is 11.3 Å². The predicted octanol–water partition coefficient (Wildman–Crippen LogP) is 6.28. The number of benzene rings is 2. The Bertz CT molecular complexity index is 1240. The van der Waals surface area contributed by atoms with Gasteiger partial charge in [-0.05, 0) is 47.0 Å². The number of anilines is 1. The van der Waals surface area contributed by atoms with E-state index in [-0.39, 0.29) is 12.1 Å². The van der Waals surface area contributed by atoms with Crippen molar-refractivity contribution in [1.29, 1.82) is 0 Å². The Morgan fingerprint density at radius 3 is 2.64 bits per heavy atom. The van der Waals surface area contributed by atoms with Crippen molar-refractivity contribution in [2.24, 2.45) is 0 Å². The number of urea groups is 1. The van der Waals surface area contributed by atoms with Gasteiger partial charge in [-0.15, -0.1) is 0 Å². The molecule has 170 valence electrons. The molecule has 8 heteroatoms. The maximum Gasteiger partial charge on any atom is 0.315 e. The number of nitrogens with one attached hydrogen (secondary N) is 3. The minimum atomic E-state index is -0.173. The Kier molecular flexibility index (Phi) is 7.52. The van der Waals surface area contributed by atoms with E-state index in [9.17, 15) is 4.79 Å². The molecule has 1 atom stereocenters. The molecule has 0 saturated heterocycles. The Morgan fingerprint density at radius 2 is 1.85 bits per heavy atom. The molecule has 4 rings (SSSR count). The third-order valence-electron chi connectivity index (χ3n) is 5.31. The minimum Gasteiger partial charge on any atom is -0.371 e. The summed E-state index contributed by atoms with van der Waals surface area (Å²) in [5.41, 5.74) is 3.55. The molecule has 0 spiro atoms. The summed E-state index contributed by atoms with van der Waals surface area (Å²) in [5, 5.41) is 10.00. The van der Waals surface area contributed by atoms with Crippen LogP contribution < -0.4 is 16.0 Å². The highest BCUT2D eigenvalue weighted by Crippen LogP contribution is 2.30. The van der Waals surface area contributed by atoms with Crippen LogP contribution >= 0.6 is 27.5 Å². The molecule has 3 N–H and O–H groups in total. The number of fused-ring (bicyclic) bond motifs is 1. The number of halogens is 2. The van der Waals surface area contributed by atoms with Crippen LogP contribution in [0.1, 0.15) is 24.9 Å². The Morgan fingerprint density at radius 1 is 1.09 bits per heavy atom. The normalized spacial score (nSPS) is 11.8. The van der Waals surface area contributed by atoms with Gasteiger partial charge in [0, 0.05) is 35.9 Å². The molecule has 4 aromatic rings. The van der Waals surface area contributed by atoms with Gasteiger partial charge in [0.15, 0.2) is 5.65 Å². The second kappa shape index (κ2) is 10.7. The second-order valence-corrected chi connectivity index (χ2v) is 8.94. The van der Waals surface area contributed by atoms with Gasteiger partial charge >= 0.3 is 6.03 Å². The molecule has 0 unspecified atom stereocenters. The topological polar surface area (TPSA) is 70.5 Å². The van der Waals surface area contributed by atoms with Crippen molar-refractivity contribution in [3.63, 3.8) is 0 Å². The molecule has 6 nitrogen and oxygen atoms in total. The summed E-state index contributed by atoms with van der Waals surface area (Å²) >= 11 is 9.97. The third-order valence-corrected chi connectivity index (χ3v) is 6.26. The van der Waals surface area contributed by atoms with Crippen LogP contribution in [0, 0.1) is 0 Å². The molecule has 0 aliphatic carbocycles. The molecule has 0 bridgehead atoms. The number of carbonyl (C=O) groups is 1. The molecule has 0 saturated carbocycles. The number of nitrogens with zero attached hydrogens (tertiary/aromatic N) is 2. The van der Waals surface area contributed by atoms with E-state index in [0.29, 0.717) is 18.1 Å². The van der Waals surface area contributed by atoms with Gasteiger partial charge in [0.1, 0.15) is 5.82 Å². The van der Waals surface area contributed by atoms with Gasteiger partial charge in [-0.25, -0.2) is 9.78 Å². The first-order valence-corrected chi connectivity index (χ1v) is 12.0. The molecule has 0 aliphatic rings. The van der Waals surface area contributed by atoms with Crippen molar-refractivity contribution in [2.45, 2.75) is 19.4 Å². The molecule has 2 heterocycles. The minimum absolute atomic E-state index is 0.0511. The number of carbonyl (C=O) groups excluding carboxylic acids is 1. The van der Waals surface area contributed by atoms with Gasteiger partial charge in [-0.3, -0.25) is 4.40 Å². The molecule has 0 fully saturated rings. The van der Waals surface area contributed by atoms with E-state index in [0.717, 1.165) is 39.2 Å². The summed E-state index contributed by atoms with van der Waals surface area (Å²) in [7, 11) is 0. The highest BCUT2D eigenvalue weighted by Gasteiger charge is 2.12. The second-order valence-electron chi connectivity index (χ2n) is 7.68. The van der Waals surface area contributed by atoms with Crippen LogP contribution in [-0.4, -0.2) is 28.5 Å². The summed E-state index contributed by atoms with van der Waals surface area (Å²) < 4.78 is 2.90. The zero-order chi connectivity index (χ0) is 23.2. The molecular weight excluding hydrogens is 502 g/mol. The molecule has 2 aromatic carbocycles. The number of hydrogen-bond donors (Lipinski definition) is 3. The van der Waals surface area contributed by atoms with Crippen LogP contribution in [0.2, 0.25) is 5.02 Å². The summed E-state index contributed by atoms with van der Waals surface area (Å²) in [4.78, 5) is 17.0. The van der Waals surface area contributed by atoms with E-state index in [1.807, 2.05) is 84.3 Å². The van der Waals surface area contributed by atoms with Gasteiger partial charge < -0.3 is 16.0 Å². The molecule has 33 heavy (non-hydrogen) atoms. The first-order valence-electron chi connectivity index (χ1n) is 10.8. The lowest BCUT2D eigenvalue weighted by atomic mass is 10.1. The van der Waals surface area contributed by atoms with Crippen molar-refractivity contribution >= 4 is 45.0 Å².